The molecule has 0 heterocycles. The lowest BCUT2D eigenvalue weighted by Crippen LogP contribution is -2.34. The Balaban J connectivity index is 1.98. The smallest absolute Gasteiger partial charge is 0.508 e. The molecule has 0 saturated carbocycles. The lowest BCUT2D eigenvalue weighted by Gasteiger charge is -2.16. The fourth-order valence-electron chi connectivity index (χ4n) is 2.14. The fourth-order valence-corrected chi connectivity index (χ4v) is 2.94. The van der Waals surface area contributed by atoms with Gasteiger partial charge in [-0.3, -0.25) is 19.0 Å². The van der Waals surface area contributed by atoms with E-state index in [0.29, 0.717) is 5.56 Å². The molecule has 0 aromatic heterocycles. The Morgan fingerprint density at radius 1 is 1.07 bits per heavy atom. The number of para-hydroxylation sites is 3. The Labute approximate surface area is 166 Å². The number of hydrogen-bond acceptors (Lipinski definition) is 8. The molecule has 2 atom stereocenters. The van der Waals surface area contributed by atoms with Crippen LogP contribution in [0.1, 0.15) is 12.0 Å². The number of aliphatic carboxylic acids is 1. The molecule has 0 fully saturated rings. The summed E-state index contributed by atoms with van der Waals surface area (Å²) >= 11 is 0. The molecule has 156 valence electrons. The number of carboxylic acids is 1. The summed E-state index contributed by atoms with van der Waals surface area (Å²) in [5.41, 5.74) is 5.77. The standard InChI is InChI=1S/C18H20NO9P/c19-13(18(22)23)11-26-29(24,25)28-16-8-4-3-7-15(16)27-17(21)10-9-12-5-1-2-6-14(12)20/h1-8,13,20H,9-11,19H2,(H,22,23)(H,24,25)/t13-/m0/s1. The van der Waals surface area contributed by atoms with Crippen LogP contribution in [0.2, 0.25) is 0 Å². The molecule has 0 aliphatic carbocycles. The Morgan fingerprint density at radius 2 is 1.69 bits per heavy atom. The number of benzene rings is 2. The molecule has 5 N–H and O–H groups in total. The van der Waals surface area contributed by atoms with Crippen molar-refractivity contribution in [1.29, 1.82) is 0 Å². The molecule has 2 aromatic rings. The summed E-state index contributed by atoms with van der Waals surface area (Å²) in [4.78, 5) is 32.5. The van der Waals surface area contributed by atoms with Gasteiger partial charge in [-0.15, -0.1) is 0 Å². The van der Waals surface area contributed by atoms with Crippen molar-refractivity contribution in [3.8, 4) is 17.2 Å². The molecular weight excluding hydrogens is 405 g/mol. The van der Waals surface area contributed by atoms with Crippen molar-refractivity contribution in [3.63, 3.8) is 0 Å². The third kappa shape index (κ3) is 7.20. The van der Waals surface area contributed by atoms with Crippen molar-refractivity contribution in [2.24, 2.45) is 5.73 Å². The van der Waals surface area contributed by atoms with Crippen molar-refractivity contribution in [3.05, 3.63) is 54.1 Å². The first-order chi connectivity index (χ1) is 13.7. The number of rotatable bonds is 10. The molecule has 0 saturated heterocycles. The SMILES string of the molecule is N[C@@H](COP(=O)(O)Oc1ccccc1OC(=O)CCc1ccccc1O)C(=O)O. The minimum absolute atomic E-state index is 0.0574. The van der Waals surface area contributed by atoms with E-state index in [-0.39, 0.29) is 30.1 Å². The van der Waals surface area contributed by atoms with Gasteiger partial charge in [0.1, 0.15) is 11.8 Å². The van der Waals surface area contributed by atoms with Gasteiger partial charge in [-0.1, -0.05) is 30.3 Å². The third-order valence-corrected chi connectivity index (χ3v) is 4.51. The molecule has 0 bridgehead atoms. The van der Waals surface area contributed by atoms with E-state index in [1.807, 2.05) is 0 Å². The molecule has 2 rings (SSSR count). The maximum absolute atomic E-state index is 12.1. The summed E-state index contributed by atoms with van der Waals surface area (Å²) in [6.07, 6.45) is 0.163. The van der Waals surface area contributed by atoms with E-state index in [1.165, 1.54) is 30.3 Å². The largest absolute Gasteiger partial charge is 0.527 e. The Kier molecular flexibility index (Phi) is 7.74. The minimum Gasteiger partial charge on any atom is -0.508 e. The summed E-state index contributed by atoms with van der Waals surface area (Å²) in [5, 5.41) is 18.4. The summed E-state index contributed by atoms with van der Waals surface area (Å²) < 4.78 is 26.6. The average molecular weight is 425 g/mol. The molecule has 0 spiro atoms. The number of phenols is 1. The minimum atomic E-state index is -4.72. The number of phenolic OH excluding ortho intramolecular Hbond substituents is 1. The molecule has 2 aromatic carbocycles. The maximum atomic E-state index is 12.1. The molecule has 0 aliphatic heterocycles. The number of carbonyl (C=O) groups excluding carboxylic acids is 1. The number of aromatic hydroxyl groups is 1. The second kappa shape index (κ2) is 10.0. The highest BCUT2D eigenvalue weighted by Crippen LogP contribution is 2.46. The number of phosphoric ester groups is 1. The van der Waals surface area contributed by atoms with Crippen LogP contribution < -0.4 is 15.0 Å². The first kappa shape index (κ1) is 22.4. The summed E-state index contributed by atoms with van der Waals surface area (Å²) in [7, 11) is -4.72. The monoisotopic (exact) mass is 425 g/mol. The first-order valence-corrected chi connectivity index (χ1v) is 9.89. The second-order valence-corrected chi connectivity index (χ2v) is 7.23. The molecule has 11 heteroatoms. The van der Waals surface area contributed by atoms with E-state index in [9.17, 15) is 24.2 Å². The molecule has 0 aliphatic rings. The number of aryl methyl sites for hydroxylation is 1. The highest BCUT2D eigenvalue weighted by atomic mass is 31.2. The highest BCUT2D eigenvalue weighted by Gasteiger charge is 2.27. The van der Waals surface area contributed by atoms with Crippen molar-refractivity contribution < 1.29 is 43.0 Å². The van der Waals surface area contributed by atoms with E-state index < -0.39 is 32.4 Å². The topological polar surface area (TPSA) is 166 Å². The molecule has 0 radical (unpaired) electrons. The zero-order chi connectivity index (χ0) is 21.4. The van der Waals surface area contributed by atoms with Gasteiger partial charge in [0.15, 0.2) is 11.5 Å². The number of ether oxygens (including phenoxy) is 1. The van der Waals surface area contributed by atoms with Crippen LogP contribution in [-0.2, 0) is 25.1 Å². The lowest BCUT2D eigenvalue weighted by molar-refractivity contribution is -0.139. The normalized spacial score (nSPS) is 13.9. The number of carboxylic acid groups (broad SMARTS) is 1. The van der Waals surface area contributed by atoms with Crippen LogP contribution in [0.3, 0.4) is 0 Å². The Hall–Kier alpha value is -2.91. The van der Waals surface area contributed by atoms with Gasteiger partial charge in [0.05, 0.1) is 13.0 Å². The van der Waals surface area contributed by atoms with E-state index in [2.05, 4.69) is 4.52 Å². The summed E-state index contributed by atoms with van der Waals surface area (Å²) in [6.45, 7) is -0.758. The Bertz CT molecular complexity index is 918. The van der Waals surface area contributed by atoms with E-state index in [4.69, 9.17) is 20.1 Å². The van der Waals surface area contributed by atoms with Crippen LogP contribution in [-0.4, -0.2) is 39.7 Å². The van der Waals surface area contributed by atoms with Gasteiger partial charge in [-0.05, 0) is 30.2 Å². The summed E-state index contributed by atoms with van der Waals surface area (Å²) in [5.74, 6) is -2.40. The number of esters is 1. The average Bonchev–Trinajstić information content (AvgIpc) is 2.67. The van der Waals surface area contributed by atoms with Crippen molar-refractivity contribution in [2.45, 2.75) is 18.9 Å². The molecule has 10 nitrogen and oxygen atoms in total. The van der Waals surface area contributed by atoms with Crippen LogP contribution in [0.4, 0.5) is 0 Å². The highest BCUT2D eigenvalue weighted by molar-refractivity contribution is 7.47. The quantitative estimate of drug-likeness (QED) is 0.251. The van der Waals surface area contributed by atoms with Gasteiger partial charge >= 0.3 is 19.8 Å². The maximum Gasteiger partial charge on any atom is 0.527 e. The number of carbonyl (C=O) groups is 2. The van der Waals surface area contributed by atoms with E-state index in [1.54, 1.807) is 18.2 Å². The van der Waals surface area contributed by atoms with Crippen molar-refractivity contribution in [1.82, 2.24) is 0 Å². The van der Waals surface area contributed by atoms with Gasteiger partial charge in [-0.25, -0.2) is 4.57 Å². The van der Waals surface area contributed by atoms with Gasteiger partial charge in [-0.2, -0.15) is 0 Å². The van der Waals surface area contributed by atoms with Gasteiger partial charge in [0, 0.05) is 0 Å². The van der Waals surface area contributed by atoms with Crippen LogP contribution in [0.15, 0.2) is 48.5 Å². The molecular formula is C18H20NO9P. The number of hydrogen-bond donors (Lipinski definition) is 4. The van der Waals surface area contributed by atoms with E-state index in [0.717, 1.165) is 0 Å². The zero-order valence-electron chi connectivity index (χ0n) is 15.1. The van der Waals surface area contributed by atoms with Crippen LogP contribution in [0.5, 0.6) is 17.2 Å². The molecule has 29 heavy (non-hydrogen) atoms. The van der Waals surface area contributed by atoms with Gasteiger partial charge in [0.25, 0.3) is 0 Å². The third-order valence-electron chi connectivity index (χ3n) is 3.61. The first-order valence-electron chi connectivity index (χ1n) is 8.40. The molecule has 0 amide bonds. The van der Waals surface area contributed by atoms with E-state index >= 15 is 0 Å². The molecule has 1 unspecified atom stereocenters. The fraction of sp³-hybridized carbons (Fsp3) is 0.222. The predicted molar refractivity (Wildman–Crippen MR) is 101 cm³/mol. The second-order valence-electron chi connectivity index (χ2n) is 5.85. The van der Waals surface area contributed by atoms with Crippen molar-refractivity contribution >= 4 is 19.8 Å². The zero-order valence-corrected chi connectivity index (χ0v) is 16.0. The van der Waals surface area contributed by atoms with Crippen molar-refractivity contribution in [2.75, 3.05) is 6.61 Å². The number of nitrogens with two attached hydrogens (primary N) is 1. The predicted octanol–water partition coefficient (Wildman–Crippen LogP) is 1.84. The number of phosphoric acid groups is 1. The van der Waals surface area contributed by atoms with Gasteiger partial charge < -0.3 is 25.2 Å². The van der Waals surface area contributed by atoms with Crippen LogP contribution >= 0.6 is 7.82 Å². The van der Waals surface area contributed by atoms with Crippen LogP contribution in [0.25, 0.3) is 0 Å². The van der Waals surface area contributed by atoms with Gasteiger partial charge in [0.2, 0.25) is 0 Å². The summed E-state index contributed by atoms with van der Waals surface area (Å²) in [6, 6.07) is 10.6. The Morgan fingerprint density at radius 3 is 2.34 bits per heavy atom. The lowest BCUT2D eigenvalue weighted by atomic mass is 10.1. The van der Waals surface area contributed by atoms with Crippen LogP contribution in [0, 0.1) is 0 Å².